The van der Waals surface area contributed by atoms with Crippen LogP contribution >= 0.6 is 0 Å². The van der Waals surface area contributed by atoms with Crippen LogP contribution in [0, 0.1) is 23.2 Å². The molecule has 6 rings (SSSR count). The van der Waals surface area contributed by atoms with Crippen molar-refractivity contribution in [3.05, 3.63) is 18.2 Å². The Morgan fingerprint density at radius 1 is 1.03 bits per heavy atom. The van der Waals surface area contributed by atoms with Gasteiger partial charge in [0.1, 0.15) is 18.0 Å². The van der Waals surface area contributed by atoms with E-state index in [9.17, 15) is 9.90 Å². The van der Waals surface area contributed by atoms with E-state index in [-0.39, 0.29) is 11.5 Å². The molecule has 30 heavy (non-hydrogen) atoms. The molecule has 1 aromatic carbocycles. The summed E-state index contributed by atoms with van der Waals surface area (Å²) in [6, 6.07) is 5.39. The van der Waals surface area contributed by atoms with E-state index in [0.29, 0.717) is 42.7 Å². The molecule has 0 radical (unpaired) electrons. The number of carbonyl (C=O) groups is 1. The van der Waals surface area contributed by atoms with Crippen molar-refractivity contribution in [1.29, 1.82) is 0 Å². The van der Waals surface area contributed by atoms with Crippen LogP contribution < -0.4 is 14.2 Å². The van der Waals surface area contributed by atoms with Gasteiger partial charge in [-0.25, -0.2) is 0 Å². The number of piperidine rings is 1. The van der Waals surface area contributed by atoms with E-state index in [1.807, 2.05) is 11.0 Å². The fraction of sp³-hybridized carbons (Fsp3) is 0.708. The zero-order valence-corrected chi connectivity index (χ0v) is 18.0. The van der Waals surface area contributed by atoms with Crippen LogP contribution in [0.3, 0.4) is 0 Å². The number of aliphatic hydroxyl groups is 1. The smallest absolute Gasteiger partial charge is 0.228 e. The van der Waals surface area contributed by atoms with Crippen molar-refractivity contribution in [3.8, 4) is 17.2 Å². The minimum Gasteiger partial charge on any atom is -0.493 e. The lowest BCUT2D eigenvalue weighted by Crippen LogP contribution is -2.58. The highest BCUT2D eigenvalue weighted by Gasteiger charge is 2.56. The Bertz CT molecular complexity index is 774. The molecular formula is C24H33NO5. The van der Waals surface area contributed by atoms with Gasteiger partial charge in [0.05, 0.1) is 26.2 Å². The molecule has 1 heterocycles. The summed E-state index contributed by atoms with van der Waals surface area (Å²) in [5, 5.41) is 10.8. The van der Waals surface area contributed by atoms with Crippen LogP contribution in [0.25, 0.3) is 0 Å². The molecule has 0 spiro atoms. The van der Waals surface area contributed by atoms with Crippen molar-refractivity contribution in [1.82, 2.24) is 4.90 Å². The lowest BCUT2D eigenvalue weighted by molar-refractivity contribution is -0.162. The number of likely N-dealkylation sites (tertiary alicyclic amines) is 1. The zero-order valence-electron chi connectivity index (χ0n) is 18.0. The van der Waals surface area contributed by atoms with Gasteiger partial charge in [-0.15, -0.1) is 0 Å². The van der Waals surface area contributed by atoms with Gasteiger partial charge in [-0.2, -0.15) is 0 Å². The number of β-amino-alcohol motifs (C(OH)–C–C–N with tert-alkyl or cyclic N) is 1. The Hall–Kier alpha value is -1.95. The SMILES string of the molecule is COc1ccc(O[C@@H]2CCN(C(=O)C34CC5CC(CC(C5)C3)C4)C[C@H]2O)cc1OC. The molecule has 5 aliphatic rings. The predicted octanol–water partition coefficient (Wildman–Crippen LogP) is 3.26. The standard InChI is InChI=1S/C24H33NO5/c1-28-21-4-3-18(10-22(21)29-2)30-20-5-6-25(14-19(20)26)23(27)24-11-15-7-16(12-24)9-17(8-15)13-24/h3-4,10,15-17,19-20,26H,5-9,11-14H2,1-2H3/t15?,16?,17?,19-,20-,24?/m1/s1. The molecule has 6 heteroatoms. The Kier molecular flexibility index (Phi) is 5.08. The van der Waals surface area contributed by atoms with Gasteiger partial charge in [0.15, 0.2) is 11.5 Å². The fourth-order valence-corrected chi connectivity index (χ4v) is 7.00. The number of aliphatic hydroxyl groups excluding tert-OH is 1. The van der Waals surface area contributed by atoms with Crippen molar-refractivity contribution >= 4 is 5.91 Å². The molecule has 1 aliphatic heterocycles. The molecule has 1 aromatic rings. The number of amides is 1. The van der Waals surface area contributed by atoms with E-state index in [1.165, 1.54) is 19.3 Å². The molecule has 1 amide bonds. The molecule has 0 unspecified atom stereocenters. The Labute approximate surface area is 178 Å². The molecule has 4 bridgehead atoms. The van der Waals surface area contributed by atoms with Crippen LogP contribution in [0.15, 0.2) is 18.2 Å². The van der Waals surface area contributed by atoms with Crippen molar-refractivity contribution in [2.75, 3.05) is 27.3 Å². The van der Waals surface area contributed by atoms with Crippen LogP contribution in [0.4, 0.5) is 0 Å². The molecule has 4 saturated carbocycles. The number of hydrogen-bond acceptors (Lipinski definition) is 5. The zero-order chi connectivity index (χ0) is 20.9. The number of nitrogens with zero attached hydrogens (tertiary/aromatic N) is 1. The first kappa shape index (κ1) is 20.0. The summed E-state index contributed by atoms with van der Waals surface area (Å²) in [6.07, 6.45) is 6.80. The van der Waals surface area contributed by atoms with Gasteiger partial charge >= 0.3 is 0 Å². The van der Waals surface area contributed by atoms with Gasteiger partial charge in [0.2, 0.25) is 5.91 Å². The molecule has 0 aromatic heterocycles. The number of rotatable bonds is 5. The molecule has 5 fully saturated rings. The van der Waals surface area contributed by atoms with E-state index in [0.717, 1.165) is 37.0 Å². The molecule has 6 nitrogen and oxygen atoms in total. The Morgan fingerprint density at radius 3 is 2.23 bits per heavy atom. The lowest BCUT2D eigenvalue weighted by Gasteiger charge is -2.57. The Balaban J connectivity index is 1.23. The topological polar surface area (TPSA) is 68.2 Å². The van der Waals surface area contributed by atoms with Crippen LogP contribution in [-0.4, -0.2) is 55.4 Å². The summed E-state index contributed by atoms with van der Waals surface area (Å²) in [6.45, 7) is 1.01. The Morgan fingerprint density at radius 2 is 1.67 bits per heavy atom. The van der Waals surface area contributed by atoms with Gasteiger partial charge in [0, 0.05) is 19.0 Å². The minimum absolute atomic E-state index is 0.147. The predicted molar refractivity (Wildman–Crippen MR) is 112 cm³/mol. The first-order valence-corrected chi connectivity index (χ1v) is 11.4. The largest absolute Gasteiger partial charge is 0.493 e. The number of ether oxygens (including phenoxy) is 3. The monoisotopic (exact) mass is 415 g/mol. The van der Waals surface area contributed by atoms with E-state index < -0.39 is 6.10 Å². The van der Waals surface area contributed by atoms with Crippen LogP contribution in [-0.2, 0) is 4.79 Å². The summed E-state index contributed by atoms with van der Waals surface area (Å²) in [7, 11) is 3.18. The highest BCUT2D eigenvalue weighted by molar-refractivity contribution is 5.83. The third kappa shape index (κ3) is 3.43. The maximum absolute atomic E-state index is 13.6. The lowest BCUT2D eigenvalue weighted by atomic mass is 9.49. The normalized spacial score (nSPS) is 37.2. The average Bonchev–Trinajstić information content (AvgIpc) is 2.73. The summed E-state index contributed by atoms with van der Waals surface area (Å²) in [4.78, 5) is 15.5. The van der Waals surface area contributed by atoms with Gasteiger partial charge in [-0.3, -0.25) is 4.79 Å². The van der Waals surface area contributed by atoms with Gasteiger partial charge in [-0.1, -0.05) is 0 Å². The second-order valence-corrected chi connectivity index (χ2v) is 9.98. The van der Waals surface area contributed by atoms with Crippen molar-refractivity contribution < 1.29 is 24.1 Å². The van der Waals surface area contributed by atoms with Gasteiger partial charge in [0.25, 0.3) is 0 Å². The fourth-order valence-electron chi connectivity index (χ4n) is 7.00. The summed E-state index contributed by atoms with van der Waals surface area (Å²) in [5.41, 5.74) is -0.147. The van der Waals surface area contributed by atoms with Gasteiger partial charge < -0.3 is 24.2 Å². The second-order valence-electron chi connectivity index (χ2n) is 9.98. The number of hydrogen-bond donors (Lipinski definition) is 1. The van der Waals surface area contributed by atoms with E-state index in [1.54, 1.807) is 26.4 Å². The second kappa shape index (κ2) is 7.63. The minimum atomic E-state index is -0.690. The van der Waals surface area contributed by atoms with Crippen LogP contribution in [0.5, 0.6) is 17.2 Å². The average molecular weight is 416 g/mol. The number of carbonyl (C=O) groups excluding carboxylic acids is 1. The van der Waals surface area contributed by atoms with Crippen molar-refractivity contribution in [2.24, 2.45) is 23.2 Å². The molecule has 2 atom stereocenters. The van der Waals surface area contributed by atoms with E-state index in [2.05, 4.69) is 0 Å². The quantitative estimate of drug-likeness (QED) is 0.800. The molecule has 1 N–H and O–H groups in total. The summed E-state index contributed by atoms with van der Waals surface area (Å²) in [5.74, 6) is 4.41. The number of methoxy groups -OCH3 is 2. The summed E-state index contributed by atoms with van der Waals surface area (Å²) < 4.78 is 16.7. The molecule has 164 valence electrons. The molecule has 4 aliphatic carbocycles. The molecule has 1 saturated heterocycles. The van der Waals surface area contributed by atoms with Crippen molar-refractivity contribution in [3.63, 3.8) is 0 Å². The first-order chi connectivity index (χ1) is 14.5. The van der Waals surface area contributed by atoms with Crippen LogP contribution in [0.1, 0.15) is 44.9 Å². The summed E-state index contributed by atoms with van der Waals surface area (Å²) >= 11 is 0. The van der Waals surface area contributed by atoms with Gasteiger partial charge in [-0.05, 0) is 68.4 Å². The third-order valence-corrected chi connectivity index (χ3v) is 7.94. The molecular weight excluding hydrogens is 382 g/mol. The maximum Gasteiger partial charge on any atom is 0.228 e. The van der Waals surface area contributed by atoms with E-state index in [4.69, 9.17) is 14.2 Å². The third-order valence-electron chi connectivity index (χ3n) is 7.94. The first-order valence-electron chi connectivity index (χ1n) is 11.4. The highest BCUT2D eigenvalue weighted by Crippen LogP contribution is 2.60. The van der Waals surface area contributed by atoms with E-state index >= 15 is 0 Å². The number of benzene rings is 1. The highest BCUT2D eigenvalue weighted by atomic mass is 16.5. The van der Waals surface area contributed by atoms with Crippen LogP contribution in [0.2, 0.25) is 0 Å². The maximum atomic E-state index is 13.6. The van der Waals surface area contributed by atoms with Crippen molar-refractivity contribution in [2.45, 2.75) is 57.2 Å².